The van der Waals surface area contributed by atoms with Crippen molar-refractivity contribution in [1.82, 2.24) is 9.88 Å². The Morgan fingerprint density at radius 1 is 1.13 bits per heavy atom. The van der Waals surface area contributed by atoms with Crippen LogP contribution in [0, 0.1) is 6.92 Å². The molecule has 3 rings (SSSR count). The lowest BCUT2D eigenvalue weighted by Gasteiger charge is -2.09. The predicted molar refractivity (Wildman–Crippen MR) is 94.8 cm³/mol. The molecule has 0 spiro atoms. The molecule has 0 aliphatic rings. The lowest BCUT2D eigenvalue weighted by molar-refractivity contribution is -0.121. The number of nitrogens with one attached hydrogen (secondary N) is 1. The Labute approximate surface area is 140 Å². The molecule has 0 aliphatic carbocycles. The minimum absolute atomic E-state index is 0.0245. The van der Waals surface area contributed by atoms with E-state index in [1.54, 1.807) is 0 Å². The van der Waals surface area contributed by atoms with Gasteiger partial charge in [0.05, 0.1) is 0 Å². The van der Waals surface area contributed by atoms with Crippen molar-refractivity contribution in [3.05, 3.63) is 70.9 Å². The van der Waals surface area contributed by atoms with Crippen molar-refractivity contribution >= 4 is 28.4 Å². The minimum atomic E-state index is 0.0245. The van der Waals surface area contributed by atoms with Gasteiger partial charge in [0.1, 0.15) is 6.54 Å². The van der Waals surface area contributed by atoms with Crippen LogP contribution in [0.4, 0.5) is 0 Å². The number of rotatable bonds is 5. The van der Waals surface area contributed by atoms with Gasteiger partial charge < -0.3 is 9.88 Å². The molecule has 0 bridgehead atoms. The zero-order valence-electron chi connectivity index (χ0n) is 13.1. The molecule has 0 atom stereocenters. The molecule has 1 heterocycles. The number of carbonyl (C=O) groups excluding carboxylic acids is 1. The zero-order valence-corrected chi connectivity index (χ0v) is 13.8. The second-order valence-corrected chi connectivity index (χ2v) is 6.10. The maximum absolute atomic E-state index is 12.2. The Bertz CT molecular complexity index is 838. The van der Waals surface area contributed by atoms with Crippen LogP contribution < -0.4 is 5.32 Å². The number of nitrogens with zero attached hydrogens (tertiary/aromatic N) is 1. The maximum Gasteiger partial charge on any atom is 0.239 e. The lowest BCUT2D eigenvalue weighted by atomic mass is 10.1. The topological polar surface area (TPSA) is 34.0 Å². The molecule has 1 aromatic heterocycles. The highest BCUT2D eigenvalue weighted by atomic mass is 35.5. The van der Waals surface area contributed by atoms with Gasteiger partial charge in [-0.2, -0.15) is 0 Å². The molecule has 2 aromatic carbocycles. The van der Waals surface area contributed by atoms with Crippen molar-refractivity contribution in [3.63, 3.8) is 0 Å². The maximum atomic E-state index is 12.2. The number of aryl methyl sites for hydroxylation is 1. The Hall–Kier alpha value is -2.26. The third kappa shape index (κ3) is 3.74. The first-order valence-corrected chi connectivity index (χ1v) is 8.07. The molecule has 0 aliphatic heterocycles. The monoisotopic (exact) mass is 326 g/mol. The van der Waals surface area contributed by atoms with Gasteiger partial charge in [-0.15, -0.1) is 0 Å². The average molecular weight is 327 g/mol. The van der Waals surface area contributed by atoms with E-state index >= 15 is 0 Å². The van der Waals surface area contributed by atoms with E-state index in [2.05, 4.69) is 17.4 Å². The zero-order chi connectivity index (χ0) is 16.2. The standard InChI is InChI=1S/C19H19ClN2O/c1-14-11-16-6-2-3-8-18(16)22(14)13-19(23)21-10-9-15-5-4-7-17(20)12-15/h2-8,11-12H,9-10,13H2,1H3,(H,21,23). The molecule has 4 heteroatoms. The molecule has 1 N–H and O–H groups in total. The summed E-state index contributed by atoms with van der Waals surface area (Å²) in [5.41, 5.74) is 3.31. The van der Waals surface area contributed by atoms with Crippen LogP contribution in [0.15, 0.2) is 54.6 Å². The predicted octanol–water partition coefficient (Wildman–Crippen LogP) is 3.96. The minimum Gasteiger partial charge on any atom is -0.354 e. The van der Waals surface area contributed by atoms with Gasteiger partial charge in [-0.1, -0.05) is 41.9 Å². The van der Waals surface area contributed by atoms with E-state index in [9.17, 15) is 4.79 Å². The molecule has 23 heavy (non-hydrogen) atoms. The van der Waals surface area contributed by atoms with Crippen LogP contribution >= 0.6 is 11.6 Å². The number of benzene rings is 2. The summed E-state index contributed by atoms with van der Waals surface area (Å²) in [6.45, 7) is 2.98. The fourth-order valence-electron chi connectivity index (χ4n) is 2.80. The largest absolute Gasteiger partial charge is 0.354 e. The van der Waals surface area contributed by atoms with E-state index in [0.29, 0.717) is 13.1 Å². The van der Waals surface area contributed by atoms with Crippen LogP contribution in [0.3, 0.4) is 0 Å². The van der Waals surface area contributed by atoms with Crippen LogP contribution in [0.25, 0.3) is 10.9 Å². The van der Waals surface area contributed by atoms with Crippen molar-refractivity contribution in [2.45, 2.75) is 19.9 Å². The summed E-state index contributed by atoms with van der Waals surface area (Å²) in [6, 6.07) is 17.9. The van der Waals surface area contributed by atoms with Gasteiger partial charge in [0.2, 0.25) is 5.91 Å². The third-order valence-electron chi connectivity index (χ3n) is 3.94. The highest BCUT2D eigenvalue weighted by Gasteiger charge is 2.09. The summed E-state index contributed by atoms with van der Waals surface area (Å²) in [7, 11) is 0. The lowest BCUT2D eigenvalue weighted by Crippen LogP contribution is -2.29. The number of fused-ring (bicyclic) bond motifs is 1. The Kier molecular flexibility index (Phi) is 4.68. The summed E-state index contributed by atoms with van der Waals surface area (Å²) in [6.07, 6.45) is 0.776. The molecule has 0 saturated carbocycles. The summed E-state index contributed by atoms with van der Waals surface area (Å²) in [5.74, 6) is 0.0245. The molecule has 0 radical (unpaired) electrons. The second-order valence-electron chi connectivity index (χ2n) is 5.66. The molecule has 3 nitrogen and oxygen atoms in total. The fourth-order valence-corrected chi connectivity index (χ4v) is 3.01. The summed E-state index contributed by atoms with van der Waals surface area (Å²) in [4.78, 5) is 12.2. The molecular formula is C19H19ClN2O. The number of halogens is 1. The number of aromatic nitrogens is 1. The quantitative estimate of drug-likeness (QED) is 0.756. The van der Waals surface area contributed by atoms with E-state index in [0.717, 1.165) is 33.6 Å². The fraction of sp³-hybridized carbons (Fsp3) is 0.211. The van der Waals surface area contributed by atoms with Gasteiger partial charge in [-0.3, -0.25) is 4.79 Å². The van der Waals surface area contributed by atoms with E-state index in [-0.39, 0.29) is 5.91 Å². The van der Waals surface area contributed by atoms with Gasteiger partial charge in [0, 0.05) is 22.8 Å². The van der Waals surface area contributed by atoms with Crippen LogP contribution in [-0.2, 0) is 17.8 Å². The highest BCUT2D eigenvalue weighted by Crippen LogP contribution is 2.18. The molecule has 3 aromatic rings. The van der Waals surface area contributed by atoms with Crippen molar-refractivity contribution in [2.75, 3.05) is 6.54 Å². The first-order chi connectivity index (χ1) is 11.1. The number of para-hydroxylation sites is 1. The van der Waals surface area contributed by atoms with Gasteiger partial charge in [0.25, 0.3) is 0 Å². The Morgan fingerprint density at radius 2 is 1.96 bits per heavy atom. The van der Waals surface area contributed by atoms with E-state index < -0.39 is 0 Å². The molecule has 0 fully saturated rings. The van der Waals surface area contributed by atoms with E-state index in [4.69, 9.17) is 11.6 Å². The number of amides is 1. The third-order valence-corrected chi connectivity index (χ3v) is 4.18. The molecule has 1 amide bonds. The van der Waals surface area contributed by atoms with Crippen LogP contribution in [-0.4, -0.2) is 17.0 Å². The Morgan fingerprint density at radius 3 is 2.78 bits per heavy atom. The number of hydrogen-bond acceptors (Lipinski definition) is 1. The first-order valence-electron chi connectivity index (χ1n) is 7.69. The second kappa shape index (κ2) is 6.88. The van der Waals surface area contributed by atoms with Crippen LogP contribution in [0.5, 0.6) is 0 Å². The van der Waals surface area contributed by atoms with Gasteiger partial charge >= 0.3 is 0 Å². The molecular weight excluding hydrogens is 308 g/mol. The first kappa shape index (κ1) is 15.6. The van der Waals surface area contributed by atoms with Gasteiger partial charge in [-0.25, -0.2) is 0 Å². The average Bonchev–Trinajstić information content (AvgIpc) is 2.83. The molecule has 0 unspecified atom stereocenters. The molecule has 0 saturated heterocycles. The highest BCUT2D eigenvalue weighted by molar-refractivity contribution is 6.30. The Balaban J connectivity index is 1.60. The SMILES string of the molecule is Cc1cc2ccccc2n1CC(=O)NCCc1cccc(Cl)c1. The van der Waals surface area contributed by atoms with Crippen molar-refractivity contribution in [3.8, 4) is 0 Å². The van der Waals surface area contributed by atoms with Gasteiger partial charge in [-0.05, 0) is 48.6 Å². The van der Waals surface area contributed by atoms with Crippen LogP contribution in [0.2, 0.25) is 5.02 Å². The summed E-state index contributed by atoms with van der Waals surface area (Å²) < 4.78 is 2.05. The normalized spacial score (nSPS) is 10.9. The van der Waals surface area contributed by atoms with Crippen molar-refractivity contribution < 1.29 is 4.79 Å². The number of hydrogen-bond donors (Lipinski definition) is 1. The van der Waals surface area contributed by atoms with Gasteiger partial charge in [0.15, 0.2) is 0 Å². The van der Waals surface area contributed by atoms with Crippen molar-refractivity contribution in [2.24, 2.45) is 0 Å². The van der Waals surface area contributed by atoms with Crippen molar-refractivity contribution in [1.29, 1.82) is 0 Å². The summed E-state index contributed by atoms with van der Waals surface area (Å²) >= 11 is 5.96. The number of carbonyl (C=O) groups is 1. The smallest absolute Gasteiger partial charge is 0.239 e. The van der Waals surface area contributed by atoms with Crippen LogP contribution in [0.1, 0.15) is 11.3 Å². The van der Waals surface area contributed by atoms with E-state index in [1.807, 2.05) is 54.0 Å². The molecule has 118 valence electrons. The summed E-state index contributed by atoms with van der Waals surface area (Å²) in [5, 5.41) is 4.87. The van der Waals surface area contributed by atoms with E-state index in [1.165, 1.54) is 0 Å².